The Hall–Kier alpha value is -1.88. The third kappa shape index (κ3) is 7.33. The van der Waals surface area contributed by atoms with E-state index >= 15 is 0 Å². The first-order chi connectivity index (χ1) is 12.8. The van der Waals surface area contributed by atoms with Crippen LogP contribution in [0.15, 0.2) is 30.3 Å². The van der Waals surface area contributed by atoms with Gasteiger partial charge in [0.2, 0.25) is 0 Å². The van der Waals surface area contributed by atoms with E-state index < -0.39 is 5.60 Å². The molecule has 0 N–H and O–H groups in total. The number of Topliss-reactive ketones (excluding diaryl/α,β-unsaturated/α-hetero) is 1. The molecule has 27 heavy (non-hydrogen) atoms. The molecule has 2 rings (SSSR count). The van der Waals surface area contributed by atoms with Crippen molar-refractivity contribution in [1.82, 2.24) is 4.90 Å². The standard InChI is InChI=1S/C22H33NO4/c1-17-14-20(24)15-19(23(17)21(25)27-22(2,3)4)12-8-9-13-26-16-18-10-6-5-7-11-18/h5-7,10-11,17,19H,8-9,12-16H2,1-4H3/t17-,19-/m0/s1. The highest BCUT2D eigenvalue weighted by Crippen LogP contribution is 2.26. The van der Waals surface area contributed by atoms with Gasteiger partial charge in [-0.1, -0.05) is 30.3 Å². The van der Waals surface area contributed by atoms with Gasteiger partial charge in [0.05, 0.1) is 6.61 Å². The van der Waals surface area contributed by atoms with Crippen LogP contribution in [-0.4, -0.2) is 41.1 Å². The molecule has 1 aromatic carbocycles. The fourth-order valence-electron chi connectivity index (χ4n) is 3.47. The second-order valence-electron chi connectivity index (χ2n) is 8.37. The van der Waals surface area contributed by atoms with E-state index in [9.17, 15) is 9.59 Å². The second-order valence-corrected chi connectivity index (χ2v) is 8.37. The average Bonchev–Trinajstić information content (AvgIpc) is 2.56. The lowest BCUT2D eigenvalue weighted by molar-refractivity contribution is -0.124. The molecule has 1 saturated heterocycles. The normalized spacial score (nSPS) is 20.6. The molecular weight excluding hydrogens is 342 g/mol. The third-order valence-electron chi connectivity index (χ3n) is 4.65. The van der Waals surface area contributed by atoms with Gasteiger partial charge in [-0.05, 0) is 52.5 Å². The Kier molecular flexibility index (Phi) is 7.84. The Balaban J connectivity index is 1.78. The molecule has 1 aliphatic rings. The molecule has 5 heteroatoms. The van der Waals surface area contributed by atoms with Crippen LogP contribution in [0.5, 0.6) is 0 Å². The first-order valence-corrected chi connectivity index (χ1v) is 9.91. The van der Waals surface area contributed by atoms with Crippen LogP contribution in [0.4, 0.5) is 4.79 Å². The summed E-state index contributed by atoms with van der Waals surface area (Å²) in [6, 6.07) is 9.91. The SMILES string of the molecule is C[C@H]1CC(=O)C[C@H](CCCCOCc2ccccc2)N1C(=O)OC(C)(C)C. The summed E-state index contributed by atoms with van der Waals surface area (Å²) >= 11 is 0. The molecule has 0 bridgehead atoms. The van der Waals surface area contributed by atoms with Crippen LogP contribution in [0, 0.1) is 0 Å². The summed E-state index contributed by atoms with van der Waals surface area (Å²) in [7, 11) is 0. The summed E-state index contributed by atoms with van der Waals surface area (Å²) in [5.41, 5.74) is 0.633. The number of hydrogen-bond donors (Lipinski definition) is 0. The monoisotopic (exact) mass is 375 g/mol. The summed E-state index contributed by atoms with van der Waals surface area (Å²) in [6.07, 6.45) is 3.15. The highest BCUT2D eigenvalue weighted by Gasteiger charge is 2.37. The molecular formula is C22H33NO4. The number of benzene rings is 1. The number of likely N-dealkylation sites (tertiary alicyclic amines) is 1. The predicted octanol–water partition coefficient (Wildman–Crippen LogP) is 4.73. The Morgan fingerprint density at radius 3 is 2.52 bits per heavy atom. The van der Waals surface area contributed by atoms with Crippen LogP contribution in [0.2, 0.25) is 0 Å². The van der Waals surface area contributed by atoms with E-state index in [-0.39, 0.29) is 24.0 Å². The minimum absolute atomic E-state index is 0.0785. The molecule has 1 aliphatic heterocycles. The summed E-state index contributed by atoms with van der Waals surface area (Å²) in [6.45, 7) is 8.82. The zero-order valence-electron chi connectivity index (χ0n) is 17.1. The summed E-state index contributed by atoms with van der Waals surface area (Å²) in [5, 5.41) is 0. The van der Waals surface area contributed by atoms with Gasteiger partial charge >= 0.3 is 6.09 Å². The van der Waals surface area contributed by atoms with Gasteiger partial charge in [-0.2, -0.15) is 0 Å². The minimum Gasteiger partial charge on any atom is -0.444 e. The van der Waals surface area contributed by atoms with E-state index in [1.54, 1.807) is 4.90 Å². The highest BCUT2D eigenvalue weighted by atomic mass is 16.6. The van der Waals surface area contributed by atoms with E-state index in [2.05, 4.69) is 0 Å². The Labute approximate surface area is 163 Å². The van der Waals surface area contributed by atoms with Crippen molar-refractivity contribution in [2.24, 2.45) is 0 Å². The lowest BCUT2D eigenvalue weighted by Crippen LogP contribution is -2.52. The van der Waals surface area contributed by atoms with Gasteiger partial charge in [0, 0.05) is 31.5 Å². The topological polar surface area (TPSA) is 55.8 Å². The van der Waals surface area contributed by atoms with Crippen LogP contribution < -0.4 is 0 Å². The van der Waals surface area contributed by atoms with Crippen molar-refractivity contribution in [3.8, 4) is 0 Å². The fourth-order valence-corrected chi connectivity index (χ4v) is 3.47. The highest BCUT2D eigenvalue weighted by molar-refractivity contribution is 5.83. The van der Waals surface area contributed by atoms with Crippen LogP contribution >= 0.6 is 0 Å². The van der Waals surface area contributed by atoms with Crippen molar-refractivity contribution in [2.75, 3.05) is 6.61 Å². The van der Waals surface area contributed by atoms with E-state index in [1.807, 2.05) is 58.0 Å². The van der Waals surface area contributed by atoms with Crippen molar-refractivity contribution in [3.63, 3.8) is 0 Å². The van der Waals surface area contributed by atoms with E-state index in [0.717, 1.165) is 19.3 Å². The second kappa shape index (κ2) is 9.88. The summed E-state index contributed by atoms with van der Waals surface area (Å²) in [4.78, 5) is 26.4. The first-order valence-electron chi connectivity index (χ1n) is 9.91. The van der Waals surface area contributed by atoms with Gasteiger partial charge < -0.3 is 14.4 Å². The number of hydrogen-bond acceptors (Lipinski definition) is 4. The van der Waals surface area contributed by atoms with E-state index in [1.165, 1.54) is 5.56 Å². The van der Waals surface area contributed by atoms with E-state index in [4.69, 9.17) is 9.47 Å². The third-order valence-corrected chi connectivity index (χ3v) is 4.65. The quantitative estimate of drug-likeness (QED) is 0.647. The predicted molar refractivity (Wildman–Crippen MR) is 106 cm³/mol. The minimum atomic E-state index is -0.534. The first kappa shape index (κ1) is 21.4. The van der Waals surface area contributed by atoms with Gasteiger partial charge in [0.15, 0.2) is 0 Å². The number of unbranched alkanes of at least 4 members (excludes halogenated alkanes) is 1. The molecule has 0 aliphatic carbocycles. The zero-order chi connectivity index (χ0) is 19.9. The molecule has 2 atom stereocenters. The molecule has 0 unspecified atom stereocenters. The number of ether oxygens (including phenoxy) is 2. The number of ketones is 1. The molecule has 150 valence electrons. The number of amides is 1. The maximum atomic E-state index is 12.6. The lowest BCUT2D eigenvalue weighted by atomic mass is 9.92. The Morgan fingerprint density at radius 1 is 1.15 bits per heavy atom. The van der Waals surface area contributed by atoms with Crippen LogP contribution in [0.3, 0.4) is 0 Å². The largest absolute Gasteiger partial charge is 0.444 e. The average molecular weight is 376 g/mol. The molecule has 0 saturated carbocycles. The molecule has 1 fully saturated rings. The van der Waals surface area contributed by atoms with Gasteiger partial charge in [0.25, 0.3) is 0 Å². The maximum Gasteiger partial charge on any atom is 0.410 e. The molecule has 5 nitrogen and oxygen atoms in total. The van der Waals surface area contributed by atoms with Crippen molar-refractivity contribution >= 4 is 11.9 Å². The number of rotatable bonds is 7. The molecule has 1 aromatic rings. The van der Waals surface area contributed by atoms with Crippen molar-refractivity contribution < 1.29 is 19.1 Å². The Bertz CT molecular complexity index is 608. The fraction of sp³-hybridized carbons (Fsp3) is 0.636. The maximum absolute atomic E-state index is 12.6. The molecule has 1 heterocycles. The van der Waals surface area contributed by atoms with Crippen molar-refractivity contribution in [3.05, 3.63) is 35.9 Å². The molecule has 0 radical (unpaired) electrons. The lowest BCUT2D eigenvalue weighted by Gasteiger charge is -2.40. The number of carbonyl (C=O) groups excluding carboxylic acids is 2. The van der Waals surface area contributed by atoms with Crippen molar-refractivity contribution in [2.45, 2.75) is 84.1 Å². The van der Waals surface area contributed by atoms with Crippen molar-refractivity contribution in [1.29, 1.82) is 0 Å². The van der Waals surface area contributed by atoms with Gasteiger partial charge in [-0.25, -0.2) is 4.79 Å². The summed E-state index contributed by atoms with van der Waals surface area (Å²) in [5.74, 6) is 0.229. The van der Waals surface area contributed by atoms with Gasteiger partial charge in [0.1, 0.15) is 11.4 Å². The Morgan fingerprint density at radius 2 is 1.85 bits per heavy atom. The number of nitrogens with zero attached hydrogens (tertiary/aromatic N) is 1. The van der Waals surface area contributed by atoms with Gasteiger partial charge in [-0.3, -0.25) is 4.79 Å². The van der Waals surface area contributed by atoms with E-state index in [0.29, 0.717) is 26.1 Å². The molecule has 1 amide bonds. The number of carbonyl (C=O) groups is 2. The van der Waals surface area contributed by atoms with Gasteiger partial charge in [-0.15, -0.1) is 0 Å². The van der Waals surface area contributed by atoms with Crippen LogP contribution in [-0.2, 0) is 20.9 Å². The molecule has 0 spiro atoms. The zero-order valence-corrected chi connectivity index (χ0v) is 17.1. The molecule has 0 aromatic heterocycles. The van der Waals surface area contributed by atoms with Crippen LogP contribution in [0.25, 0.3) is 0 Å². The smallest absolute Gasteiger partial charge is 0.410 e. The van der Waals surface area contributed by atoms with Crippen LogP contribution in [0.1, 0.15) is 65.4 Å². The summed E-state index contributed by atoms with van der Waals surface area (Å²) < 4.78 is 11.3. The number of piperidine rings is 1.